The Morgan fingerprint density at radius 2 is 1.70 bits per heavy atom. The van der Waals surface area contributed by atoms with Crippen molar-refractivity contribution in [3.63, 3.8) is 0 Å². The Morgan fingerprint density at radius 3 is 2.39 bits per heavy atom. The van der Waals surface area contributed by atoms with Gasteiger partial charge in [0.25, 0.3) is 0 Å². The largest absolute Gasteiger partial charge is 0.442 e. The van der Waals surface area contributed by atoms with Crippen LogP contribution in [0.3, 0.4) is 0 Å². The Balaban J connectivity index is 1.41. The number of hydrogen-bond donors (Lipinski definition) is 0. The summed E-state index contributed by atoms with van der Waals surface area (Å²) in [7, 11) is -3.60. The summed E-state index contributed by atoms with van der Waals surface area (Å²) >= 11 is 0. The lowest BCUT2D eigenvalue weighted by Gasteiger charge is -2.33. The van der Waals surface area contributed by atoms with Crippen molar-refractivity contribution in [3.8, 4) is 11.4 Å². The van der Waals surface area contributed by atoms with E-state index in [9.17, 15) is 18.0 Å². The third kappa shape index (κ3) is 5.12. The maximum Gasteiger partial charge on any atom is 0.442 e. The fourth-order valence-corrected chi connectivity index (χ4v) is 4.84. The van der Waals surface area contributed by atoms with E-state index >= 15 is 0 Å². The summed E-state index contributed by atoms with van der Waals surface area (Å²) in [5, 5.41) is 5.03. The number of carbonyl (C=O) groups excluding carboxylic acids is 1. The highest BCUT2D eigenvalue weighted by atomic mass is 32.2. The molecule has 33 heavy (non-hydrogen) atoms. The Labute approximate surface area is 191 Å². The summed E-state index contributed by atoms with van der Waals surface area (Å²) in [5.41, 5.74) is 2.39. The summed E-state index contributed by atoms with van der Waals surface area (Å²) in [5.74, 6) is -0.723. The molecule has 172 valence electrons. The molecule has 0 aliphatic carbocycles. The smallest absolute Gasteiger partial charge is 0.338 e. The minimum absolute atomic E-state index is 0.177. The number of rotatable bonds is 6. The maximum atomic E-state index is 12.9. The molecule has 2 aromatic carbocycles. The van der Waals surface area contributed by atoms with E-state index in [1.165, 1.54) is 14.3 Å². The predicted molar refractivity (Wildman–Crippen MR) is 123 cm³/mol. The van der Waals surface area contributed by atoms with E-state index in [1.807, 2.05) is 55.5 Å². The van der Waals surface area contributed by atoms with Gasteiger partial charge in [-0.1, -0.05) is 59.8 Å². The van der Waals surface area contributed by atoms with Crippen molar-refractivity contribution in [2.75, 3.05) is 26.2 Å². The minimum Gasteiger partial charge on any atom is -0.338 e. The molecule has 9 nitrogen and oxygen atoms in total. The molecule has 0 atom stereocenters. The Bertz CT molecular complexity index is 1320. The molecule has 0 N–H and O–H groups in total. The van der Waals surface area contributed by atoms with Crippen LogP contribution in [0.5, 0.6) is 0 Å². The Morgan fingerprint density at radius 1 is 1.03 bits per heavy atom. The average molecular weight is 469 g/mol. The van der Waals surface area contributed by atoms with E-state index in [0.29, 0.717) is 11.4 Å². The Kier molecular flexibility index (Phi) is 6.57. The molecule has 1 saturated heterocycles. The van der Waals surface area contributed by atoms with Crippen LogP contribution in [0.1, 0.15) is 11.1 Å². The van der Waals surface area contributed by atoms with E-state index in [4.69, 9.17) is 4.52 Å². The van der Waals surface area contributed by atoms with Gasteiger partial charge < -0.3 is 4.90 Å². The molecule has 10 heteroatoms. The van der Waals surface area contributed by atoms with Gasteiger partial charge in [0, 0.05) is 37.2 Å². The topological polar surface area (TPSA) is 106 Å². The molecule has 1 aliphatic rings. The van der Waals surface area contributed by atoms with Crippen LogP contribution in [-0.2, 0) is 21.4 Å². The van der Waals surface area contributed by atoms with Crippen LogP contribution in [0.25, 0.3) is 17.5 Å². The van der Waals surface area contributed by atoms with Crippen LogP contribution in [0, 0.1) is 6.92 Å². The van der Waals surface area contributed by atoms with E-state index in [-0.39, 0.29) is 38.6 Å². The first-order valence-electron chi connectivity index (χ1n) is 10.5. The second-order valence-electron chi connectivity index (χ2n) is 7.71. The lowest BCUT2D eigenvalue weighted by molar-refractivity contribution is -0.133. The van der Waals surface area contributed by atoms with Gasteiger partial charge in [0.15, 0.2) is 5.82 Å². The van der Waals surface area contributed by atoms with Crippen LogP contribution in [0.2, 0.25) is 0 Å². The quantitative estimate of drug-likeness (QED) is 0.548. The molecule has 0 saturated carbocycles. The van der Waals surface area contributed by atoms with Gasteiger partial charge in [0.2, 0.25) is 15.9 Å². The molecule has 1 fully saturated rings. The molecule has 0 unspecified atom stereocenters. The van der Waals surface area contributed by atoms with Gasteiger partial charge in [-0.25, -0.2) is 17.8 Å². The van der Waals surface area contributed by atoms with Crippen LogP contribution < -0.4 is 5.76 Å². The van der Waals surface area contributed by atoms with Crippen molar-refractivity contribution in [2.45, 2.75) is 13.5 Å². The van der Waals surface area contributed by atoms with Gasteiger partial charge in [-0.05, 0) is 24.1 Å². The molecule has 2 heterocycles. The van der Waals surface area contributed by atoms with E-state index in [1.54, 1.807) is 17.0 Å². The fourth-order valence-electron chi connectivity index (χ4n) is 3.67. The SMILES string of the molecule is Cc1ccccc1-c1noc(=O)n1CC(=O)N1CCN(S(=O)(=O)/C=C/c2ccccc2)CC1. The van der Waals surface area contributed by atoms with Crippen LogP contribution in [0.4, 0.5) is 0 Å². The van der Waals surface area contributed by atoms with Crippen LogP contribution in [0.15, 0.2) is 69.3 Å². The number of amides is 1. The van der Waals surface area contributed by atoms with Crippen molar-refractivity contribution in [2.24, 2.45) is 0 Å². The van der Waals surface area contributed by atoms with E-state index in [0.717, 1.165) is 11.1 Å². The number of sulfonamides is 1. The molecule has 0 bridgehead atoms. The molecule has 1 aliphatic heterocycles. The lowest BCUT2D eigenvalue weighted by Crippen LogP contribution is -2.51. The zero-order chi connectivity index (χ0) is 23.4. The number of aromatic nitrogens is 2. The minimum atomic E-state index is -3.60. The van der Waals surface area contributed by atoms with Crippen molar-refractivity contribution < 1.29 is 17.7 Å². The normalized spacial score (nSPS) is 15.2. The van der Waals surface area contributed by atoms with Gasteiger partial charge in [0.05, 0.1) is 0 Å². The molecule has 0 spiro atoms. The predicted octanol–water partition coefficient (Wildman–Crippen LogP) is 1.96. The zero-order valence-electron chi connectivity index (χ0n) is 18.1. The lowest BCUT2D eigenvalue weighted by atomic mass is 10.1. The third-order valence-electron chi connectivity index (χ3n) is 5.55. The van der Waals surface area contributed by atoms with Gasteiger partial charge >= 0.3 is 5.76 Å². The third-order valence-corrected chi connectivity index (χ3v) is 7.11. The summed E-state index contributed by atoms with van der Waals surface area (Å²) in [4.78, 5) is 26.6. The molecule has 1 aromatic heterocycles. The Hall–Kier alpha value is -3.50. The van der Waals surface area contributed by atoms with Crippen molar-refractivity contribution >= 4 is 22.0 Å². The second kappa shape index (κ2) is 9.55. The summed E-state index contributed by atoms with van der Waals surface area (Å²) < 4.78 is 32.6. The highest BCUT2D eigenvalue weighted by Gasteiger charge is 2.28. The summed E-state index contributed by atoms with van der Waals surface area (Å²) in [6.07, 6.45) is 1.55. The summed E-state index contributed by atoms with van der Waals surface area (Å²) in [6.45, 7) is 2.47. The number of carbonyl (C=O) groups is 1. The van der Waals surface area contributed by atoms with E-state index < -0.39 is 15.8 Å². The molecule has 1 amide bonds. The number of aryl methyl sites for hydroxylation is 1. The fraction of sp³-hybridized carbons (Fsp3) is 0.261. The van der Waals surface area contributed by atoms with E-state index in [2.05, 4.69) is 5.16 Å². The monoisotopic (exact) mass is 468 g/mol. The number of hydrogen-bond acceptors (Lipinski definition) is 6. The van der Waals surface area contributed by atoms with Gasteiger partial charge in [-0.3, -0.25) is 9.32 Å². The molecule has 4 rings (SSSR count). The zero-order valence-corrected chi connectivity index (χ0v) is 18.9. The van der Waals surface area contributed by atoms with Crippen LogP contribution in [-0.4, -0.2) is 59.4 Å². The molecular weight excluding hydrogens is 444 g/mol. The first kappa shape index (κ1) is 22.7. The first-order chi connectivity index (χ1) is 15.8. The highest BCUT2D eigenvalue weighted by Crippen LogP contribution is 2.20. The van der Waals surface area contributed by atoms with Crippen molar-refractivity contribution in [1.82, 2.24) is 18.9 Å². The van der Waals surface area contributed by atoms with Gasteiger partial charge in [-0.15, -0.1) is 0 Å². The molecule has 3 aromatic rings. The molecule has 0 radical (unpaired) electrons. The maximum absolute atomic E-state index is 12.9. The van der Waals surface area contributed by atoms with Gasteiger partial charge in [-0.2, -0.15) is 4.31 Å². The summed E-state index contributed by atoms with van der Waals surface area (Å²) in [6, 6.07) is 16.5. The average Bonchev–Trinajstić information content (AvgIpc) is 3.18. The van der Waals surface area contributed by atoms with Crippen molar-refractivity contribution in [3.05, 3.63) is 81.7 Å². The standard InChI is InChI=1S/C23H24N4O5S/c1-18-7-5-6-10-20(18)22-24-32-23(29)27(22)17-21(28)25-12-14-26(15-13-25)33(30,31)16-11-19-8-3-2-4-9-19/h2-11,16H,12-15,17H2,1H3/b16-11+. The number of nitrogens with zero attached hydrogens (tertiary/aromatic N) is 4. The number of benzene rings is 2. The van der Waals surface area contributed by atoms with Crippen LogP contribution >= 0.6 is 0 Å². The highest BCUT2D eigenvalue weighted by molar-refractivity contribution is 7.92. The molecular formula is C23H24N4O5S. The second-order valence-corrected chi connectivity index (χ2v) is 9.53. The first-order valence-corrected chi connectivity index (χ1v) is 12.0. The number of piperazine rings is 1. The van der Waals surface area contributed by atoms with Crippen molar-refractivity contribution in [1.29, 1.82) is 0 Å². The van der Waals surface area contributed by atoms with Gasteiger partial charge in [0.1, 0.15) is 6.54 Å².